The second-order valence-electron chi connectivity index (χ2n) is 5.11. The standard InChI is InChI=1S/C16H19ClN2O/c1-11-16(12(2)19(3)18-11)9-8-15(20)10-13-4-6-14(17)7-5-13/h4-7H,8-10H2,1-3H3. The first-order valence-corrected chi connectivity index (χ1v) is 7.10. The first-order valence-electron chi connectivity index (χ1n) is 6.72. The molecule has 0 aliphatic heterocycles. The lowest BCUT2D eigenvalue weighted by Crippen LogP contribution is -2.05. The van der Waals surface area contributed by atoms with Crippen LogP contribution in [-0.2, 0) is 24.7 Å². The number of aryl methyl sites for hydroxylation is 2. The van der Waals surface area contributed by atoms with Crippen LogP contribution in [0.5, 0.6) is 0 Å². The van der Waals surface area contributed by atoms with Gasteiger partial charge in [0, 0.05) is 30.6 Å². The van der Waals surface area contributed by atoms with E-state index < -0.39 is 0 Å². The highest BCUT2D eigenvalue weighted by molar-refractivity contribution is 6.30. The van der Waals surface area contributed by atoms with Crippen LogP contribution in [0.4, 0.5) is 0 Å². The summed E-state index contributed by atoms with van der Waals surface area (Å²) >= 11 is 5.83. The molecule has 0 saturated heterocycles. The molecule has 0 radical (unpaired) electrons. The van der Waals surface area contributed by atoms with Crippen LogP contribution < -0.4 is 0 Å². The number of benzene rings is 1. The number of rotatable bonds is 5. The highest BCUT2D eigenvalue weighted by atomic mass is 35.5. The fraction of sp³-hybridized carbons (Fsp3) is 0.375. The third-order valence-electron chi connectivity index (χ3n) is 3.63. The van der Waals surface area contributed by atoms with Gasteiger partial charge in [-0.05, 0) is 43.5 Å². The maximum atomic E-state index is 12.0. The average molecular weight is 291 g/mol. The predicted molar refractivity (Wildman–Crippen MR) is 81.2 cm³/mol. The van der Waals surface area contributed by atoms with E-state index in [1.54, 1.807) is 0 Å². The van der Waals surface area contributed by atoms with Crippen LogP contribution in [0.2, 0.25) is 5.02 Å². The van der Waals surface area contributed by atoms with Gasteiger partial charge in [-0.1, -0.05) is 23.7 Å². The Kier molecular flexibility index (Phi) is 4.61. The zero-order valence-electron chi connectivity index (χ0n) is 12.1. The van der Waals surface area contributed by atoms with Gasteiger partial charge in [0.05, 0.1) is 5.69 Å². The van der Waals surface area contributed by atoms with E-state index in [4.69, 9.17) is 11.6 Å². The van der Waals surface area contributed by atoms with Crippen molar-refractivity contribution in [1.29, 1.82) is 0 Å². The molecule has 4 heteroatoms. The van der Waals surface area contributed by atoms with Crippen LogP contribution in [0.3, 0.4) is 0 Å². The molecule has 0 aliphatic carbocycles. The van der Waals surface area contributed by atoms with E-state index >= 15 is 0 Å². The van der Waals surface area contributed by atoms with Crippen molar-refractivity contribution in [3.8, 4) is 0 Å². The molecule has 2 aromatic rings. The van der Waals surface area contributed by atoms with Crippen molar-refractivity contribution in [3.05, 3.63) is 51.8 Å². The summed E-state index contributed by atoms with van der Waals surface area (Å²) in [5.41, 5.74) is 4.36. The maximum Gasteiger partial charge on any atom is 0.137 e. The number of nitrogens with zero attached hydrogens (tertiary/aromatic N) is 2. The summed E-state index contributed by atoms with van der Waals surface area (Å²) in [7, 11) is 1.93. The van der Waals surface area contributed by atoms with E-state index in [0.29, 0.717) is 17.9 Å². The minimum Gasteiger partial charge on any atom is -0.299 e. The summed E-state index contributed by atoms with van der Waals surface area (Å²) in [6, 6.07) is 7.45. The summed E-state index contributed by atoms with van der Waals surface area (Å²) in [5.74, 6) is 0.245. The van der Waals surface area contributed by atoms with E-state index in [9.17, 15) is 4.79 Å². The van der Waals surface area contributed by atoms with E-state index in [2.05, 4.69) is 5.10 Å². The van der Waals surface area contributed by atoms with Gasteiger partial charge in [-0.3, -0.25) is 9.48 Å². The molecule has 0 aliphatic rings. The van der Waals surface area contributed by atoms with E-state index in [-0.39, 0.29) is 5.78 Å². The summed E-state index contributed by atoms with van der Waals surface area (Å²) in [6.07, 6.45) is 1.78. The number of halogens is 1. The summed E-state index contributed by atoms with van der Waals surface area (Å²) in [4.78, 5) is 12.0. The summed E-state index contributed by atoms with van der Waals surface area (Å²) in [6.45, 7) is 4.03. The molecule has 1 heterocycles. The van der Waals surface area contributed by atoms with E-state index in [1.165, 1.54) is 5.56 Å². The number of hydrogen-bond acceptors (Lipinski definition) is 2. The molecule has 0 bridgehead atoms. The van der Waals surface area contributed by atoms with Crippen LogP contribution in [0.25, 0.3) is 0 Å². The quantitative estimate of drug-likeness (QED) is 0.845. The second kappa shape index (κ2) is 6.23. The molecular weight excluding hydrogens is 272 g/mol. The van der Waals surface area contributed by atoms with Crippen LogP contribution >= 0.6 is 11.6 Å². The predicted octanol–water partition coefficient (Wildman–Crippen LogP) is 3.43. The number of carbonyl (C=O) groups is 1. The smallest absolute Gasteiger partial charge is 0.137 e. The molecule has 3 nitrogen and oxygen atoms in total. The Balaban J connectivity index is 1.94. The lowest BCUT2D eigenvalue weighted by atomic mass is 10.0. The van der Waals surface area contributed by atoms with Gasteiger partial charge >= 0.3 is 0 Å². The molecular formula is C16H19ClN2O. The molecule has 1 aromatic carbocycles. The average Bonchev–Trinajstić information content (AvgIpc) is 2.64. The van der Waals surface area contributed by atoms with Gasteiger partial charge in [0.15, 0.2) is 0 Å². The minimum absolute atomic E-state index is 0.245. The Labute approximate surface area is 124 Å². The van der Waals surface area contributed by atoms with Crippen molar-refractivity contribution in [2.75, 3.05) is 0 Å². The van der Waals surface area contributed by atoms with Crippen molar-refractivity contribution < 1.29 is 4.79 Å². The fourth-order valence-electron chi connectivity index (χ4n) is 2.36. The minimum atomic E-state index is 0.245. The molecule has 0 unspecified atom stereocenters. The molecule has 106 valence electrons. The van der Waals surface area contributed by atoms with Gasteiger partial charge < -0.3 is 0 Å². The lowest BCUT2D eigenvalue weighted by Gasteiger charge is -2.03. The van der Waals surface area contributed by atoms with Crippen LogP contribution in [0, 0.1) is 13.8 Å². The monoisotopic (exact) mass is 290 g/mol. The largest absolute Gasteiger partial charge is 0.299 e. The van der Waals surface area contributed by atoms with Crippen LogP contribution in [-0.4, -0.2) is 15.6 Å². The molecule has 0 spiro atoms. The maximum absolute atomic E-state index is 12.0. The number of Topliss-reactive ketones (excluding diaryl/α,β-unsaturated/α-hetero) is 1. The summed E-state index contributed by atoms with van der Waals surface area (Å²) < 4.78 is 1.87. The number of ketones is 1. The highest BCUT2D eigenvalue weighted by Gasteiger charge is 2.11. The van der Waals surface area contributed by atoms with Gasteiger partial charge in [-0.15, -0.1) is 0 Å². The SMILES string of the molecule is Cc1nn(C)c(C)c1CCC(=O)Cc1ccc(Cl)cc1. The lowest BCUT2D eigenvalue weighted by molar-refractivity contribution is -0.118. The normalized spacial score (nSPS) is 10.8. The zero-order valence-corrected chi connectivity index (χ0v) is 12.9. The number of carbonyl (C=O) groups excluding carboxylic acids is 1. The number of aromatic nitrogens is 2. The first-order chi connectivity index (χ1) is 9.47. The third kappa shape index (κ3) is 3.48. The van der Waals surface area contributed by atoms with Gasteiger partial charge in [-0.2, -0.15) is 5.10 Å². The van der Waals surface area contributed by atoms with Crippen molar-refractivity contribution in [2.24, 2.45) is 7.05 Å². The molecule has 0 atom stereocenters. The molecule has 0 saturated carbocycles. The Hall–Kier alpha value is -1.61. The molecule has 0 amide bonds. The molecule has 0 fully saturated rings. The topological polar surface area (TPSA) is 34.9 Å². The molecule has 1 aromatic heterocycles. The zero-order chi connectivity index (χ0) is 14.7. The van der Waals surface area contributed by atoms with Crippen molar-refractivity contribution in [1.82, 2.24) is 9.78 Å². The van der Waals surface area contributed by atoms with Crippen molar-refractivity contribution in [2.45, 2.75) is 33.1 Å². The highest BCUT2D eigenvalue weighted by Crippen LogP contribution is 2.15. The van der Waals surface area contributed by atoms with Gasteiger partial charge in [0.1, 0.15) is 5.78 Å². The molecule has 0 N–H and O–H groups in total. The van der Waals surface area contributed by atoms with Crippen molar-refractivity contribution >= 4 is 17.4 Å². The Morgan fingerprint density at radius 3 is 2.45 bits per heavy atom. The fourth-order valence-corrected chi connectivity index (χ4v) is 2.49. The van der Waals surface area contributed by atoms with Gasteiger partial charge in [-0.25, -0.2) is 0 Å². The third-order valence-corrected chi connectivity index (χ3v) is 3.88. The van der Waals surface area contributed by atoms with Gasteiger partial charge in [0.2, 0.25) is 0 Å². The van der Waals surface area contributed by atoms with E-state index in [0.717, 1.165) is 23.4 Å². The van der Waals surface area contributed by atoms with Crippen LogP contribution in [0.1, 0.15) is 28.9 Å². The first kappa shape index (κ1) is 14.8. The second-order valence-corrected chi connectivity index (χ2v) is 5.55. The summed E-state index contributed by atoms with van der Waals surface area (Å²) in [5, 5.41) is 5.07. The van der Waals surface area contributed by atoms with Gasteiger partial charge in [0.25, 0.3) is 0 Å². The molecule has 20 heavy (non-hydrogen) atoms. The van der Waals surface area contributed by atoms with Crippen LogP contribution in [0.15, 0.2) is 24.3 Å². The Bertz CT molecular complexity index is 614. The molecule has 2 rings (SSSR count). The number of hydrogen-bond donors (Lipinski definition) is 0. The van der Waals surface area contributed by atoms with E-state index in [1.807, 2.05) is 49.8 Å². The Morgan fingerprint density at radius 2 is 1.90 bits per heavy atom. The van der Waals surface area contributed by atoms with Crippen molar-refractivity contribution in [3.63, 3.8) is 0 Å². The Morgan fingerprint density at radius 1 is 1.25 bits per heavy atom.